The molecule has 1 amide bonds. The lowest BCUT2D eigenvalue weighted by molar-refractivity contribution is -0.152. The predicted octanol–water partition coefficient (Wildman–Crippen LogP) is 0.520. The van der Waals surface area contributed by atoms with Crippen molar-refractivity contribution in [3.63, 3.8) is 0 Å². The van der Waals surface area contributed by atoms with Gasteiger partial charge in [0, 0.05) is 32.8 Å². The Kier molecular flexibility index (Phi) is 4.97. The first kappa shape index (κ1) is 13.8. The van der Waals surface area contributed by atoms with E-state index in [9.17, 15) is 4.79 Å². The molecular weight excluding hydrogens is 232 g/mol. The first-order valence-electron chi connectivity index (χ1n) is 6.91. The van der Waals surface area contributed by atoms with Crippen molar-refractivity contribution >= 4 is 5.91 Å². The van der Waals surface area contributed by atoms with Gasteiger partial charge in [0.2, 0.25) is 0 Å². The monoisotopic (exact) mass is 256 g/mol. The van der Waals surface area contributed by atoms with Gasteiger partial charge in [-0.15, -0.1) is 0 Å². The zero-order valence-corrected chi connectivity index (χ0v) is 11.1. The van der Waals surface area contributed by atoms with E-state index in [0.717, 1.165) is 38.6 Å². The number of nitrogens with two attached hydrogens (primary N) is 1. The highest BCUT2D eigenvalue weighted by molar-refractivity contribution is 5.81. The van der Waals surface area contributed by atoms with Crippen LogP contribution in [0.15, 0.2) is 0 Å². The van der Waals surface area contributed by atoms with Crippen LogP contribution in [0.3, 0.4) is 0 Å². The van der Waals surface area contributed by atoms with Gasteiger partial charge in [0.25, 0.3) is 5.91 Å². The second-order valence-electron chi connectivity index (χ2n) is 5.16. The number of methoxy groups -OCH3 is 1. The fraction of sp³-hybridized carbons (Fsp3) is 0.923. The number of rotatable bonds is 3. The van der Waals surface area contributed by atoms with Crippen molar-refractivity contribution in [1.82, 2.24) is 4.90 Å². The summed E-state index contributed by atoms with van der Waals surface area (Å²) in [6.07, 6.45) is 4.72. The Hall–Kier alpha value is -0.650. The van der Waals surface area contributed by atoms with E-state index in [2.05, 4.69) is 0 Å². The van der Waals surface area contributed by atoms with E-state index in [-0.39, 0.29) is 24.2 Å². The van der Waals surface area contributed by atoms with Crippen LogP contribution in [0.4, 0.5) is 0 Å². The molecule has 2 N–H and O–H groups in total. The molecule has 5 heteroatoms. The van der Waals surface area contributed by atoms with Crippen LogP contribution in [0.25, 0.3) is 0 Å². The molecule has 2 aliphatic rings. The molecule has 3 unspecified atom stereocenters. The number of carbonyl (C=O) groups excluding carboxylic acids is 1. The first-order valence-corrected chi connectivity index (χ1v) is 6.91. The van der Waals surface area contributed by atoms with Gasteiger partial charge in [-0.25, -0.2) is 0 Å². The van der Waals surface area contributed by atoms with Crippen LogP contribution in [0.1, 0.15) is 32.1 Å². The zero-order valence-electron chi connectivity index (χ0n) is 11.1. The van der Waals surface area contributed by atoms with Crippen molar-refractivity contribution in [2.45, 2.75) is 50.4 Å². The summed E-state index contributed by atoms with van der Waals surface area (Å²) in [5, 5.41) is 0. The van der Waals surface area contributed by atoms with Crippen LogP contribution >= 0.6 is 0 Å². The van der Waals surface area contributed by atoms with Crippen LogP contribution < -0.4 is 5.73 Å². The van der Waals surface area contributed by atoms with Gasteiger partial charge in [0.05, 0.1) is 6.10 Å². The Morgan fingerprint density at radius 2 is 2.28 bits per heavy atom. The van der Waals surface area contributed by atoms with Crippen molar-refractivity contribution in [2.75, 3.05) is 26.8 Å². The van der Waals surface area contributed by atoms with Crippen molar-refractivity contribution in [1.29, 1.82) is 0 Å². The molecule has 0 aromatic carbocycles. The van der Waals surface area contributed by atoms with E-state index in [0.29, 0.717) is 13.2 Å². The molecule has 0 radical (unpaired) electrons. The summed E-state index contributed by atoms with van der Waals surface area (Å²) < 4.78 is 10.9. The summed E-state index contributed by atoms with van der Waals surface area (Å²) in [5.41, 5.74) is 5.79. The molecule has 0 saturated carbocycles. The number of hydrogen-bond donors (Lipinski definition) is 1. The van der Waals surface area contributed by atoms with E-state index in [1.165, 1.54) is 0 Å². The number of piperidine rings is 1. The summed E-state index contributed by atoms with van der Waals surface area (Å²) >= 11 is 0. The largest absolute Gasteiger partial charge is 0.381 e. The van der Waals surface area contributed by atoms with E-state index >= 15 is 0 Å². The van der Waals surface area contributed by atoms with Crippen LogP contribution in [-0.2, 0) is 14.3 Å². The molecule has 0 aliphatic carbocycles. The molecule has 0 aromatic heterocycles. The summed E-state index contributed by atoms with van der Waals surface area (Å²) in [5.74, 6) is 0.125. The standard InChI is InChI=1S/C13H24N2O3/c1-17-11-5-6-15(10(8-11)9-14)13(16)12-4-2-3-7-18-12/h10-12H,2-9,14H2,1H3. The average Bonchev–Trinajstić information content (AvgIpc) is 2.46. The number of likely N-dealkylation sites (tertiary alicyclic amines) is 1. The van der Waals surface area contributed by atoms with Gasteiger partial charge >= 0.3 is 0 Å². The summed E-state index contributed by atoms with van der Waals surface area (Å²) in [6, 6.07) is 0.0988. The van der Waals surface area contributed by atoms with Crippen LogP contribution in [0.5, 0.6) is 0 Å². The summed E-state index contributed by atoms with van der Waals surface area (Å²) in [7, 11) is 1.72. The molecule has 2 aliphatic heterocycles. The summed E-state index contributed by atoms with van der Waals surface area (Å²) in [4.78, 5) is 14.3. The third-order valence-electron chi connectivity index (χ3n) is 4.01. The van der Waals surface area contributed by atoms with Gasteiger partial charge in [0.1, 0.15) is 6.10 Å². The maximum atomic E-state index is 12.4. The molecule has 2 saturated heterocycles. The fourth-order valence-electron chi connectivity index (χ4n) is 2.86. The van der Waals surface area contributed by atoms with Crippen LogP contribution in [0.2, 0.25) is 0 Å². The van der Waals surface area contributed by atoms with Gasteiger partial charge in [-0.1, -0.05) is 0 Å². The van der Waals surface area contributed by atoms with Gasteiger partial charge in [0.15, 0.2) is 0 Å². The molecule has 5 nitrogen and oxygen atoms in total. The minimum Gasteiger partial charge on any atom is -0.381 e. The zero-order chi connectivity index (χ0) is 13.0. The molecule has 18 heavy (non-hydrogen) atoms. The second kappa shape index (κ2) is 6.50. The Morgan fingerprint density at radius 3 is 2.89 bits per heavy atom. The molecule has 3 atom stereocenters. The van der Waals surface area contributed by atoms with E-state index < -0.39 is 0 Å². The molecule has 0 bridgehead atoms. The van der Waals surface area contributed by atoms with Gasteiger partial charge in [-0.2, -0.15) is 0 Å². The fourth-order valence-corrected chi connectivity index (χ4v) is 2.86. The molecule has 0 spiro atoms. The third-order valence-corrected chi connectivity index (χ3v) is 4.01. The van der Waals surface area contributed by atoms with E-state index in [1.807, 2.05) is 4.90 Å². The minimum absolute atomic E-state index is 0.0988. The predicted molar refractivity (Wildman–Crippen MR) is 68.2 cm³/mol. The highest BCUT2D eigenvalue weighted by atomic mass is 16.5. The minimum atomic E-state index is -0.244. The topological polar surface area (TPSA) is 64.8 Å². The van der Waals surface area contributed by atoms with Gasteiger partial charge < -0.3 is 20.1 Å². The van der Waals surface area contributed by atoms with Gasteiger partial charge in [-0.3, -0.25) is 4.79 Å². The molecule has 0 aromatic rings. The summed E-state index contributed by atoms with van der Waals surface area (Å²) in [6.45, 7) is 1.94. The highest BCUT2D eigenvalue weighted by Gasteiger charge is 2.35. The van der Waals surface area contributed by atoms with Crippen molar-refractivity contribution in [3.8, 4) is 0 Å². The average molecular weight is 256 g/mol. The van der Waals surface area contributed by atoms with Crippen molar-refractivity contribution < 1.29 is 14.3 Å². The Balaban J connectivity index is 1.95. The normalized spacial score (nSPS) is 33.4. The Labute approximate surface area is 109 Å². The van der Waals surface area contributed by atoms with E-state index in [4.69, 9.17) is 15.2 Å². The van der Waals surface area contributed by atoms with Crippen molar-refractivity contribution in [2.24, 2.45) is 5.73 Å². The molecule has 2 heterocycles. The number of hydrogen-bond acceptors (Lipinski definition) is 4. The number of carbonyl (C=O) groups is 1. The SMILES string of the molecule is COC1CCN(C(=O)C2CCCCO2)C(CN)C1. The Bertz CT molecular complexity index is 279. The second-order valence-corrected chi connectivity index (χ2v) is 5.16. The lowest BCUT2D eigenvalue weighted by atomic mass is 9.97. The number of nitrogens with zero attached hydrogens (tertiary/aromatic N) is 1. The molecule has 104 valence electrons. The van der Waals surface area contributed by atoms with Crippen LogP contribution in [-0.4, -0.2) is 55.9 Å². The lowest BCUT2D eigenvalue weighted by Gasteiger charge is -2.40. The number of amides is 1. The Morgan fingerprint density at radius 1 is 1.44 bits per heavy atom. The maximum absolute atomic E-state index is 12.4. The highest BCUT2D eigenvalue weighted by Crippen LogP contribution is 2.23. The van der Waals surface area contributed by atoms with Gasteiger partial charge in [-0.05, 0) is 32.1 Å². The molecular formula is C13H24N2O3. The quantitative estimate of drug-likeness (QED) is 0.799. The smallest absolute Gasteiger partial charge is 0.251 e. The maximum Gasteiger partial charge on any atom is 0.251 e. The van der Waals surface area contributed by atoms with Crippen LogP contribution in [0, 0.1) is 0 Å². The van der Waals surface area contributed by atoms with Crippen molar-refractivity contribution in [3.05, 3.63) is 0 Å². The van der Waals surface area contributed by atoms with E-state index in [1.54, 1.807) is 7.11 Å². The lowest BCUT2D eigenvalue weighted by Crippen LogP contribution is -2.54. The molecule has 2 fully saturated rings. The first-order chi connectivity index (χ1) is 8.76. The molecule has 2 rings (SSSR count). The number of ether oxygens (including phenoxy) is 2. The third kappa shape index (κ3) is 3.02.